The highest BCUT2D eigenvalue weighted by Crippen LogP contribution is 2.21. The van der Waals surface area contributed by atoms with E-state index in [1.165, 1.54) is 0 Å². The van der Waals surface area contributed by atoms with Crippen molar-refractivity contribution >= 4 is 17.5 Å². The lowest BCUT2D eigenvalue weighted by atomic mass is 10.2. The molecule has 1 saturated heterocycles. The minimum Gasteiger partial charge on any atom is -0.352 e. The van der Waals surface area contributed by atoms with Crippen LogP contribution in [0.15, 0.2) is 24.3 Å². The van der Waals surface area contributed by atoms with Crippen LogP contribution in [-0.2, 0) is 4.79 Å². The van der Waals surface area contributed by atoms with E-state index < -0.39 is 0 Å². The van der Waals surface area contributed by atoms with Crippen LogP contribution in [0.5, 0.6) is 0 Å². The number of benzene rings is 1. The number of hydrogen-bond acceptors (Lipinski definition) is 3. The maximum Gasteiger partial charge on any atom is 0.251 e. The van der Waals surface area contributed by atoms with Crippen LogP contribution >= 0.6 is 0 Å². The Bertz CT molecular complexity index is 471. The van der Waals surface area contributed by atoms with Crippen LogP contribution in [0.4, 0.5) is 5.69 Å². The van der Waals surface area contributed by atoms with Crippen LogP contribution in [0.1, 0.15) is 29.6 Å². The van der Waals surface area contributed by atoms with Gasteiger partial charge in [0.2, 0.25) is 5.91 Å². The van der Waals surface area contributed by atoms with Crippen molar-refractivity contribution in [2.24, 2.45) is 0 Å². The molecule has 1 heterocycles. The van der Waals surface area contributed by atoms with Crippen LogP contribution in [0.3, 0.4) is 0 Å². The van der Waals surface area contributed by atoms with Gasteiger partial charge in [-0.1, -0.05) is 0 Å². The summed E-state index contributed by atoms with van der Waals surface area (Å²) in [7, 11) is 1.89. The number of hydrogen-bond donors (Lipinski definition) is 2. The highest BCUT2D eigenvalue weighted by Gasteiger charge is 2.21. The van der Waals surface area contributed by atoms with Gasteiger partial charge in [-0.25, -0.2) is 0 Å². The van der Waals surface area contributed by atoms with Gasteiger partial charge in [0.05, 0.1) is 0 Å². The minimum absolute atomic E-state index is 0.0691. The Morgan fingerprint density at radius 1 is 1.25 bits per heavy atom. The van der Waals surface area contributed by atoms with E-state index in [1.807, 2.05) is 19.2 Å². The topological polar surface area (TPSA) is 61.4 Å². The maximum absolute atomic E-state index is 11.9. The summed E-state index contributed by atoms with van der Waals surface area (Å²) < 4.78 is 0. The van der Waals surface area contributed by atoms with E-state index in [0.717, 1.165) is 31.6 Å². The number of nitrogens with one attached hydrogen (secondary N) is 2. The van der Waals surface area contributed by atoms with Crippen molar-refractivity contribution in [2.45, 2.75) is 19.3 Å². The molecule has 1 aromatic rings. The molecule has 0 bridgehead atoms. The van der Waals surface area contributed by atoms with E-state index in [1.54, 1.807) is 17.0 Å². The van der Waals surface area contributed by atoms with E-state index in [2.05, 4.69) is 10.6 Å². The van der Waals surface area contributed by atoms with Crippen molar-refractivity contribution in [3.63, 3.8) is 0 Å². The number of amides is 2. The fourth-order valence-corrected chi connectivity index (χ4v) is 2.28. The van der Waals surface area contributed by atoms with Crippen molar-refractivity contribution < 1.29 is 9.59 Å². The van der Waals surface area contributed by atoms with E-state index >= 15 is 0 Å². The third-order valence-electron chi connectivity index (χ3n) is 3.40. The molecule has 0 saturated carbocycles. The normalized spacial score (nSPS) is 14.7. The Balaban J connectivity index is 1.90. The molecule has 2 N–H and O–H groups in total. The zero-order valence-corrected chi connectivity index (χ0v) is 11.8. The van der Waals surface area contributed by atoms with Gasteiger partial charge in [-0.3, -0.25) is 9.59 Å². The third-order valence-corrected chi connectivity index (χ3v) is 3.40. The molecule has 20 heavy (non-hydrogen) atoms. The van der Waals surface area contributed by atoms with Gasteiger partial charge in [-0.05, 0) is 50.7 Å². The molecule has 1 aliphatic heterocycles. The lowest BCUT2D eigenvalue weighted by Crippen LogP contribution is -2.27. The summed E-state index contributed by atoms with van der Waals surface area (Å²) in [5.74, 6) is 0.0923. The fourth-order valence-electron chi connectivity index (χ4n) is 2.28. The van der Waals surface area contributed by atoms with Gasteiger partial charge in [0.1, 0.15) is 0 Å². The Morgan fingerprint density at radius 2 is 2.00 bits per heavy atom. The van der Waals surface area contributed by atoms with E-state index in [9.17, 15) is 9.59 Å². The Kier molecular flexibility index (Phi) is 5.12. The van der Waals surface area contributed by atoms with Gasteiger partial charge < -0.3 is 15.5 Å². The molecule has 1 aliphatic rings. The average Bonchev–Trinajstić information content (AvgIpc) is 2.90. The van der Waals surface area contributed by atoms with Crippen LogP contribution < -0.4 is 15.5 Å². The van der Waals surface area contributed by atoms with E-state index in [0.29, 0.717) is 18.5 Å². The predicted molar refractivity (Wildman–Crippen MR) is 78.9 cm³/mol. The first-order chi connectivity index (χ1) is 9.72. The SMILES string of the molecule is CNCCCNC(=O)c1ccc(N2CCCC2=O)cc1. The summed E-state index contributed by atoms with van der Waals surface area (Å²) in [5, 5.41) is 5.91. The number of anilines is 1. The molecule has 0 aromatic heterocycles. The largest absolute Gasteiger partial charge is 0.352 e. The van der Waals surface area contributed by atoms with Crippen LogP contribution in [0.2, 0.25) is 0 Å². The van der Waals surface area contributed by atoms with E-state index in [-0.39, 0.29) is 11.8 Å². The first kappa shape index (κ1) is 14.5. The smallest absolute Gasteiger partial charge is 0.251 e. The first-order valence-corrected chi connectivity index (χ1v) is 7.05. The predicted octanol–water partition coefficient (Wildman–Crippen LogP) is 1.15. The van der Waals surface area contributed by atoms with Crippen molar-refractivity contribution in [3.8, 4) is 0 Å². The fraction of sp³-hybridized carbons (Fsp3) is 0.467. The molecule has 5 heteroatoms. The standard InChI is InChI=1S/C15H21N3O2/c1-16-9-3-10-17-15(20)12-5-7-13(8-6-12)18-11-2-4-14(18)19/h5-8,16H,2-4,9-11H2,1H3,(H,17,20). The van der Waals surface area contributed by atoms with Crippen LogP contribution in [-0.4, -0.2) is 38.5 Å². The summed E-state index contributed by atoms with van der Waals surface area (Å²) in [5.41, 5.74) is 1.50. The lowest BCUT2D eigenvalue weighted by Gasteiger charge is -2.15. The molecule has 0 spiro atoms. The summed E-state index contributed by atoms with van der Waals surface area (Å²) >= 11 is 0. The highest BCUT2D eigenvalue weighted by atomic mass is 16.2. The van der Waals surface area contributed by atoms with Gasteiger partial charge in [0.15, 0.2) is 0 Å². The first-order valence-electron chi connectivity index (χ1n) is 7.05. The van der Waals surface area contributed by atoms with Gasteiger partial charge in [-0.15, -0.1) is 0 Å². The lowest BCUT2D eigenvalue weighted by molar-refractivity contribution is -0.117. The molecular weight excluding hydrogens is 254 g/mol. The second-order valence-corrected chi connectivity index (χ2v) is 4.91. The van der Waals surface area contributed by atoms with Gasteiger partial charge in [0.25, 0.3) is 5.91 Å². The van der Waals surface area contributed by atoms with Crippen molar-refractivity contribution in [1.82, 2.24) is 10.6 Å². The van der Waals surface area contributed by atoms with Gasteiger partial charge in [0, 0.05) is 30.8 Å². The van der Waals surface area contributed by atoms with E-state index in [4.69, 9.17) is 0 Å². The molecule has 0 aliphatic carbocycles. The van der Waals surface area contributed by atoms with Crippen molar-refractivity contribution in [2.75, 3.05) is 31.6 Å². The summed E-state index contributed by atoms with van der Waals surface area (Å²) in [6, 6.07) is 7.22. The van der Waals surface area contributed by atoms with Crippen LogP contribution in [0.25, 0.3) is 0 Å². The molecule has 2 amide bonds. The Labute approximate surface area is 119 Å². The Hall–Kier alpha value is -1.88. The maximum atomic E-state index is 11.9. The monoisotopic (exact) mass is 275 g/mol. The van der Waals surface area contributed by atoms with Crippen molar-refractivity contribution in [3.05, 3.63) is 29.8 Å². The summed E-state index contributed by atoms with van der Waals surface area (Å²) in [6.07, 6.45) is 2.43. The average molecular weight is 275 g/mol. The summed E-state index contributed by atoms with van der Waals surface area (Å²) in [6.45, 7) is 2.32. The molecule has 1 aromatic carbocycles. The highest BCUT2D eigenvalue weighted by molar-refractivity contribution is 5.97. The zero-order chi connectivity index (χ0) is 14.4. The minimum atomic E-state index is -0.0691. The van der Waals surface area contributed by atoms with Gasteiger partial charge >= 0.3 is 0 Å². The number of nitrogens with zero attached hydrogens (tertiary/aromatic N) is 1. The number of rotatable bonds is 6. The van der Waals surface area contributed by atoms with Crippen LogP contribution in [0, 0.1) is 0 Å². The molecule has 2 rings (SSSR count). The Morgan fingerprint density at radius 3 is 2.60 bits per heavy atom. The number of carbonyl (C=O) groups excluding carboxylic acids is 2. The molecule has 0 atom stereocenters. The molecule has 0 unspecified atom stereocenters. The molecular formula is C15H21N3O2. The number of carbonyl (C=O) groups is 2. The van der Waals surface area contributed by atoms with Crippen molar-refractivity contribution in [1.29, 1.82) is 0 Å². The quantitative estimate of drug-likeness (QED) is 0.766. The van der Waals surface area contributed by atoms with Gasteiger partial charge in [-0.2, -0.15) is 0 Å². The molecule has 0 radical (unpaired) electrons. The molecule has 5 nitrogen and oxygen atoms in total. The zero-order valence-electron chi connectivity index (χ0n) is 11.8. The molecule has 108 valence electrons. The second-order valence-electron chi connectivity index (χ2n) is 4.91. The second kappa shape index (κ2) is 7.05. The third kappa shape index (κ3) is 3.57. The molecule has 1 fully saturated rings. The summed E-state index contributed by atoms with van der Waals surface area (Å²) in [4.78, 5) is 25.3.